The van der Waals surface area contributed by atoms with Crippen molar-refractivity contribution < 1.29 is 14.5 Å². The van der Waals surface area contributed by atoms with Gasteiger partial charge in [-0.1, -0.05) is 11.6 Å². The van der Waals surface area contributed by atoms with E-state index >= 15 is 0 Å². The second kappa shape index (κ2) is 6.29. The molecule has 3 N–H and O–H groups in total. The Bertz CT molecular complexity index is 466. The highest BCUT2D eigenvalue weighted by Gasteiger charge is 2.19. The number of methoxy groups -OCH3 is 1. The highest BCUT2D eigenvalue weighted by molar-refractivity contribution is 6.31. The van der Waals surface area contributed by atoms with Gasteiger partial charge in [0.1, 0.15) is 11.7 Å². The molecule has 0 aliphatic rings. The number of rotatable bonds is 5. The fourth-order valence-corrected chi connectivity index (χ4v) is 1.42. The fourth-order valence-electron chi connectivity index (χ4n) is 1.25. The van der Waals surface area contributed by atoms with Gasteiger partial charge in [0.05, 0.1) is 11.5 Å². The zero-order valence-corrected chi connectivity index (χ0v) is 10.3. The van der Waals surface area contributed by atoms with E-state index in [0.717, 1.165) is 0 Å². The Labute approximate surface area is 108 Å². The maximum atomic E-state index is 11.6. The summed E-state index contributed by atoms with van der Waals surface area (Å²) in [5.41, 5.74) is 5.25. The third kappa shape index (κ3) is 3.66. The van der Waals surface area contributed by atoms with Crippen LogP contribution in [0, 0.1) is 10.1 Å². The quantitative estimate of drug-likeness (QED) is 0.618. The molecule has 0 heterocycles. The molecule has 18 heavy (non-hydrogen) atoms. The van der Waals surface area contributed by atoms with Crippen molar-refractivity contribution in [3.63, 3.8) is 0 Å². The first-order valence-corrected chi connectivity index (χ1v) is 5.33. The lowest BCUT2D eigenvalue weighted by Gasteiger charge is -2.11. The Balaban J connectivity index is 2.92. The summed E-state index contributed by atoms with van der Waals surface area (Å²) in [6.07, 6.45) is 0. The van der Waals surface area contributed by atoms with E-state index in [1.54, 1.807) is 0 Å². The molecule has 0 saturated carbocycles. The minimum Gasteiger partial charge on any atom is -0.383 e. The molecule has 0 bridgehead atoms. The third-order valence-corrected chi connectivity index (χ3v) is 2.33. The number of benzene rings is 1. The predicted molar refractivity (Wildman–Crippen MR) is 66.6 cm³/mol. The summed E-state index contributed by atoms with van der Waals surface area (Å²) in [5, 5.41) is 13.4. The molecule has 1 amide bonds. The van der Waals surface area contributed by atoms with Gasteiger partial charge in [0, 0.05) is 18.2 Å². The standard InChI is InChI=1S/C10H12ClN3O4/c1-18-5-7(12)10(15)13-8-4-6(11)2-3-9(8)14(16)17/h2-4,7H,5,12H2,1H3,(H,13,15). The summed E-state index contributed by atoms with van der Waals surface area (Å²) in [5.74, 6) is -0.581. The molecule has 0 radical (unpaired) electrons. The first-order valence-electron chi connectivity index (χ1n) is 4.95. The number of nitrogens with two attached hydrogens (primary N) is 1. The Morgan fingerprint density at radius 2 is 2.33 bits per heavy atom. The molecule has 1 rings (SSSR count). The van der Waals surface area contributed by atoms with Gasteiger partial charge in [-0.3, -0.25) is 14.9 Å². The molecule has 1 aromatic rings. The summed E-state index contributed by atoms with van der Waals surface area (Å²) in [6, 6.07) is 2.95. The highest BCUT2D eigenvalue weighted by atomic mass is 35.5. The molecule has 0 saturated heterocycles. The van der Waals surface area contributed by atoms with Crippen LogP contribution >= 0.6 is 11.6 Å². The Morgan fingerprint density at radius 3 is 2.89 bits per heavy atom. The van der Waals surface area contributed by atoms with Crippen molar-refractivity contribution in [3.8, 4) is 0 Å². The monoisotopic (exact) mass is 273 g/mol. The van der Waals surface area contributed by atoms with Crippen molar-refractivity contribution in [3.05, 3.63) is 33.3 Å². The van der Waals surface area contributed by atoms with Crippen LogP contribution in [0.3, 0.4) is 0 Å². The Hall–Kier alpha value is -1.70. The average Bonchev–Trinajstić information content (AvgIpc) is 2.28. The topological polar surface area (TPSA) is 107 Å². The van der Waals surface area contributed by atoms with Crippen LogP contribution in [-0.4, -0.2) is 30.6 Å². The van der Waals surface area contributed by atoms with Gasteiger partial charge in [-0.25, -0.2) is 0 Å². The largest absolute Gasteiger partial charge is 0.383 e. The lowest BCUT2D eigenvalue weighted by atomic mass is 10.2. The lowest BCUT2D eigenvalue weighted by molar-refractivity contribution is -0.383. The van der Waals surface area contributed by atoms with E-state index in [-0.39, 0.29) is 23.0 Å². The van der Waals surface area contributed by atoms with E-state index in [9.17, 15) is 14.9 Å². The normalized spacial score (nSPS) is 11.9. The van der Waals surface area contributed by atoms with E-state index in [0.29, 0.717) is 0 Å². The van der Waals surface area contributed by atoms with Crippen molar-refractivity contribution in [2.24, 2.45) is 5.73 Å². The molecule has 0 aliphatic carbocycles. The molecule has 8 heteroatoms. The minimum absolute atomic E-state index is 0.00375. The maximum Gasteiger partial charge on any atom is 0.292 e. The summed E-state index contributed by atoms with van der Waals surface area (Å²) in [6.45, 7) is 0.0141. The molecule has 7 nitrogen and oxygen atoms in total. The summed E-state index contributed by atoms with van der Waals surface area (Å²) in [7, 11) is 1.40. The predicted octanol–water partition coefficient (Wildman–Crippen LogP) is 1.16. The number of carbonyl (C=O) groups is 1. The number of nitrogens with one attached hydrogen (secondary N) is 1. The number of nitrogens with zero attached hydrogens (tertiary/aromatic N) is 1. The minimum atomic E-state index is -0.909. The SMILES string of the molecule is COCC(N)C(=O)Nc1cc(Cl)ccc1[N+](=O)[O-]. The molecule has 0 aromatic heterocycles. The van der Waals surface area contributed by atoms with E-state index in [1.165, 1.54) is 25.3 Å². The maximum absolute atomic E-state index is 11.6. The second-order valence-electron chi connectivity index (χ2n) is 3.47. The van der Waals surface area contributed by atoms with Gasteiger partial charge in [-0.15, -0.1) is 0 Å². The van der Waals surface area contributed by atoms with Gasteiger partial charge < -0.3 is 15.8 Å². The molecule has 0 fully saturated rings. The molecule has 1 atom stereocenters. The zero-order valence-electron chi connectivity index (χ0n) is 9.55. The van der Waals surface area contributed by atoms with Gasteiger partial charge in [0.2, 0.25) is 5.91 Å². The molecule has 1 aromatic carbocycles. The second-order valence-corrected chi connectivity index (χ2v) is 3.91. The number of hydrogen-bond donors (Lipinski definition) is 2. The van der Waals surface area contributed by atoms with Crippen LogP contribution < -0.4 is 11.1 Å². The van der Waals surface area contributed by atoms with E-state index in [1.807, 2.05) is 0 Å². The fraction of sp³-hybridized carbons (Fsp3) is 0.300. The number of amides is 1. The van der Waals surface area contributed by atoms with Crippen molar-refractivity contribution in [2.45, 2.75) is 6.04 Å². The van der Waals surface area contributed by atoms with Crippen LogP contribution in [0.5, 0.6) is 0 Å². The zero-order chi connectivity index (χ0) is 13.7. The smallest absolute Gasteiger partial charge is 0.292 e. The number of anilines is 1. The van der Waals surface area contributed by atoms with Crippen LogP contribution in [0.4, 0.5) is 11.4 Å². The lowest BCUT2D eigenvalue weighted by Crippen LogP contribution is -2.39. The van der Waals surface area contributed by atoms with Gasteiger partial charge in [-0.05, 0) is 12.1 Å². The molecule has 0 spiro atoms. The highest BCUT2D eigenvalue weighted by Crippen LogP contribution is 2.27. The van der Waals surface area contributed by atoms with Gasteiger partial charge in [0.25, 0.3) is 5.69 Å². The van der Waals surface area contributed by atoms with Gasteiger partial charge >= 0.3 is 0 Å². The number of nitro benzene ring substituents is 1. The van der Waals surface area contributed by atoms with Crippen LogP contribution in [0.25, 0.3) is 0 Å². The van der Waals surface area contributed by atoms with Crippen LogP contribution in [0.1, 0.15) is 0 Å². The molecule has 1 unspecified atom stereocenters. The van der Waals surface area contributed by atoms with Crippen molar-refractivity contribution in [2.75, 3.05) is 19.0 Å². The number of halogens is 1. The van der Waals surface area contributed by atoms with Crippen molar-refractivity contribution in [1.29, 1.82) is 0 Å². The number of ether oxygens (including phenoxy) is 1. The summed E-state index contributed by atoms with van der Waals surface area (Å²) in [4.78, 5) is 21.8. The van der Waals surface area contributed by atoms with E-state index in [4.69, 9.17) is 22.1 Å². The Kier molecular flexibility index (Phi) is 5.02. The first-order chi connectivity index (χ1) is 8.45. The van der Waals surface area contributed by atoms with E-state index < -0.39 is 16.9 Å². The third-order valence-electron chi connectivity index (χ3n) is 2.10. The molecular formula is C10H12ClN3O4. The van der Waals surface area contributed by atoms with Crippen LogP contribution in [0.15, 0.2) is 18.2 Å². The van der Waals surface area contributed by atoms with Crippen molar-refractivity contribution >= 4 is 28.9 Å². The van der Waals surface area contributed by atoms with E-state index in [2.05, 4.69) is 5.32 Å². The molecular weight excluding hydrogens is 262 g/mol. The van der Waals surface area contributed by atoms with Crippen LogP contribution in [-0.2, 0) is 9.53 Å². The Morgan fingerprint density at radius 1 is 1.67 bits per heavy atom. The number of nitro groups is 1. The summed E-state index contributed by atoms with van der Waals surface area (Å²) < 4.78 is 4.72. The summed E-state index contributed by atoms with van der Waals surface area (Å²) >= 11 is 5.72. The van der Waals surface area contributed by atoms with Crippen molar-refractivity contribution in [1.82, 2.24) is 0 Å². The van der Waals surface area contributed by atoms with Gasteiger partial charge in [0.15, 0.2) is 0 Å². The first kappa shape index (κ1) is 14.4. The average molecular weight is 274 g/mol. The van der Waals surface area contributed by atoms with Crippen LogP contribution in [0.2, 0.25) is 5.02 Å². The molecule has 0 aliphatic heterocycles. The number of carbonyl (C=O) groups excluding carboxylic acids is 1. The number of hydrogen-bond acceptors (Lipinski definition) is 5. The molecule has 98 valence electrons. The van der Waals surface area contributed by atoms with Gasteiger partial charge in [-0.2, -0.15) is 0 Å².